The number of likely N-dealkylation sites (tertiary alicyclic amines) is 1. The van der Waals surface area contributed by atoms with Crippen molar-refractivity contribution >= 4 is 34.9 Å². The Bertz CT molecular complexity index is 1650. The molecule has 7 nitrogen and oxygen atoms in total. The van der Waals surface area contributed by atoms with Crippen LogP contribution in [0, 0.1) is 0 Å². The summed E-state index contributed by atoms with van der Waals surface area (Å²) >= 11 is 6.57. The quantitative estimate of drug-likeness (QED) is 0.227. The third-order valence-electron chi connectivity index (χ3n) is 7.49. The van der Waals surface area contributed by atoms with Crippen LogP contribution in [-0.2, 0) is 17.8 Å². The number of rotatable bonds is 8. The van der Waals surface area contributed by atoms with E-state index >= 15 is 0 Å². The minimum atomic E-state index is -0.948. The number of pyridine rings is 1. The molecular weight excluding hydrogens is 567 g/mol. The van der Waals surface area contributed by atoms with Crippen LogP contribution in [0.15, 0.2) is 97.2 Å². The van der Waals surface area contributed by atoms with Crippen molar-refractivity contribution in [1.82, 2.24) is 15.2 Å². The van der Waals surface area contributed by atoms with Gasteiger partial charge in [-0.3, -0.25) is 9.59 Å². The molecule has 0 bridgehead atoms. The molecule has 4 aromatic rings. The Morgan fingerprint density at radius 1 is 1.05 bits per heavy atom. The second-order valence-corrected chi connectivity index (χ2v) is 11.0. The number of nitrogens with zero attached hydrogens (tertiary/aromatic N) is 2. The van der Waals surface area contributed by atoms with E-state index in [0.29, 0.717) is 42.3 Å². The molecule has 0 saturated carbocycles. The number of benzene rings is 3. The van der Waals surface area contributed by atoms with Crippen molar-refractivity contribution in [1.29, 1.82) is 0 Å². The van der Waals surface area contributed by atoms with E-state index in [-0.39, 0.29) is 24.5 Å². The maximum atomic E-state index is 13.5. The van der Waals surface area contributed by atoms with Crippen molar-refractivity contribution in [2.45, 2.75) is 31.7 Å². The van der Waals surface area contributed by atoms with Crippen LogP contribution in [0.3, 0.4) is 0 Å². The Kier molecular flexibility index (Phi) is 8.38. The normalized spacial score (nSPS) is 17.5. The van der Waals surface area contributed by atoms with E-state index in [1.165, 1.54) is 6.08 Å². The molecule has 9 heteroatoms. The summed E-state index contributed by atoms with van der Waals surface area (Å²) in [6.07, 6.45) is 4.63. The number of nitrogens with one attached hydrogen (secondary N) is 2. The molecule has 1 fully saturated rings. The number of anilines is 2. The molecule has 0 spiro atoms. The lowest BCUT2D eigenvalue weighted by atomic mass is 9.99. The lowest BCUT2D eigenvalue weighted by Gasteiger charge is -2.15. The zero-order valence-corrected chi connectivity index (χ0v) is 24.1. The van der Waals surface area contributed by atoms with E-state index in [0.717, 1.165) is 33.8 Å². The summed E-state index contributed by atoms with van der Waals surface area (Å²) in [5, 5.41) is 6.59. The average Bonchev–Trinajstić information content (AvgIpc) is 3.66. The molecule has 218 valence electrons. The third-order valence-corrected chi connectivity index (χ3v) is 7.77. The van der Waals surface area contributed by atoms with E-state index in [2.05, 4.69) is 15.6 Å². The van der Waals surface area contributed by atoms with Crippen LogP contribution in [0.4, 0.5) is 15.9 Å². The number of aromatic nitrogens is 1. The summed E-state index contributed by atoms with van der Waals surface area (Å²) in [7, 11) is 0. The van der Waals surface area contributed by atoms with Crippen LogP contribution < -0.4 is 15.4 Å². The predicted octanol–water partition coefficient (Wildman–Crippen LogP) is 6.51. The van der Waals surface area contributed by atoms with Crippen LogP contribution in [0.2, 0.25) is 5.02 Å². The van der Waals surface area contributed by atoms with E-state index < -0.39 is 6.17 Å². The Morgan fingerprint density at radius 2 is 1.86 bits per heavy atom. The summed E-state index contributed by atoms with van der Waals surface area (Å²) < 4.78 is 19.5. The fourth-order valence-electron chi connectivity index (χ4n) is 5.22. The van der Waals surface area contributed by atoms with Gasteiger partial charge in [-0.2, -0.15) is 0 Å². The van der Waals surface area contributed by atoms with Crippen molar-refractivity contribution in [3.05, 3.63) is 119 Å². The van der Waals surface area contributed by atoms with Crippen LogP contribution in [-0.4, -0.2) is 47.1 Å². The lowest BCUT2D eigenvalue weighted by Crippen LogP contribution is -2.28. The number of halogens is 2. The minimum Gasteiger partial charge on any atom is -0.484 e. The molecule has 3 aromatic carbocycles. The fourth-order valence-corrected chi connectivity index (χ4v) is 5.51. The monoisotopic (exact) mass is 596 g/mol. The smallest absolute Gasteiger partial charge is 0.253 e. The topological polar surface area (TPSA) is 83.6 Å². The van der Waals surface area contributed by atoms with Gasteiger partial charge in [-0.25, -0.2) is 9.37 Å². The molecule has 0 aliphatic carbocycles. The van der Waals surface area contributed by atoms with Gasteiger partial charge in [0.2, 0.25) is 5.91 Å². The van der Waals surface area contributed by atoms with Gasteiger partial charge < -0.3 is 20.3 Å². The van der Waals surface area contributed by atoms with Gasteiger partial charge in [-0.15, -0.1) is 0 Å². The van der Waals surface area contributed by atoms with Gasteiger partial charge in [0.05, 0.1) is 11.6 Å². The van der Waals surface area contributed by atoms with Crippen LogP contribution in [0.5, 0.6) is 5.75 Å². The van der Waals surface area contributed by atoms with Gasteiger partial charge in [0.15, 0.2) is 0 Å². The van der Waals surface area contributed by atoms with Gasteiger partial charge in [0.25, 0.3) is 5.91 Å². The van der Waals surface area contributed by atoms with E-state index in [1.807, 2.05) is 66.7 Å². The second kappa shape index (κ2) is 12.7. The first-order chi connectivity index (χ1) is 20.9. The molecule has 1 aromatic heterocycles. The molecule has 2 aliphatic rings. The molecule has 2 amide bonds. The fraction of sp³-hybridized carbons (Fsp3) is 0.206. The van der Waals surface area contributed by atoms with Crippen LogP contribution >= 0.6 is 11.6 Å². The molecule has 2 aliphatic heterocycles. The van der Waals surface area contributed by atoms with Gasteiger partial charge in [-0.1, -0.05) is 48.0 Å². The highest BCUT2D eigenvalue weighted by atomic mass is 35.5. The van der Waals surface area contributed by atoms with E-state index in [4.69, 9.17) is 16.3 Å². The molecule has 2 N–H and O–H groups in total. The molecule has 6 rings (SSSR count). The number of amides is 2. The third kappa shape index (κ3) is 6.87. The number of para-hydroxylation sites is 1. The Morgan fingerprint density at radius 3 is 2.58 bits per heavy atom. The Hall–Kier alpha value is -4.69. The molecule has 2 unspecified atom stereocenters. The van der Waals surface area contributed by atoms with Crippen molar-refractivity contribution in [2.75, 3.05) is 18.4 Å². The number of hydrogen-bond acceptors (Lipinski definition) is 5. The summed E-state index contributed by atoms with van der Waals surface area (Å²) in [4.78, 5) is 31.1. The van der Waals surface area contributed by atoms with Crippen LogP contribution in [0.25, 0.3) is 11.1 Å². The maximum absolute atomic E-state index is 13.5. The predicted molar refractivity (Wildman–Crippen MR) is 165 cm³/mol. The molecule has 2 atom stereocenters. The zero-order valence-electron chi connectivity index (χ0n) is 23.3. The first-order valence-corrected chi connectivity index (χ1v) is 14.5. The Balaban J connectivity index is 1.02. The summed E-state index contributed by atoms with van der Waals surface area (Å²) in [6.45, 7) is 0.941. The number of carbonyl (C=O) groups is 2. The molecule has 43 heavy (non-hydrogen) atoms. The number of hydrogen-bond donors (Lipinski definition) is 2. The van der Waals surface area contributed by atoms with Gasteiger partial charge in [0.1, 0.15) is 23.8 Å². The van der Waals surface area contributed by atoms with Crippen LogP contribution in [0.1, 0.15) is 27.9 Å². The molecule has 0 radical (unpaired) electrons. The van der Waals surface area contributed by atoms with Crippen molar-refractivity contribution in [2.24, 2.45) is 0 Å². The lowest BCUT2D eigenvalue weighted by molar-refractivity contribution is -0.116. The number of alkyl halides is 1. The van der Waals surface area contributed by atoms with Gasteiger partial charge >= 0.3 is 0 Å². The number of fused-ring (bicyclic) bond motifs is 1. The number of ether oxygens (including phenoxy) is 1. The summed E-state index contributed by atoms with van der Waals surface area (Å²) in [5.74, 6) is 0.945. The standard InChI is InChI=1S/C34H30ClFN4O3/c35-30-18-25(23-7-9-24(10-8-23)34(42)40-15-14-27(36)21-40)16-26-17-29(43-33(26)30)11-13-32(41)38-20-22-6-12-31(37-19-22)39-28-4-2-1-3-5-28/h1-13,16,18-19,27,29H,14-15,17,20-21H2,(H,37,39)(H,38,41). The van der Waals surface area contributed by atoms with Crippen molar-refractivity contribution < 1.29 is 18.7 Å². The zero-order chi connectivity index (χ0) is 29.8. The largest absolute Gasteiger partial charge is 0.484 e. The second-order valence-electron chi connectivity index (χ2n) is 10.6. The first-order valence-electron chi connectivity index (χ1n) is 14.2. The van der Waals surface area contributed by atoms with Crippen molar-refractivity contribution in [3.63, 3.8) is 0 Å². The Labute approximate surface area is 254 Å². The first kappa shape index (κ1) is 28.4. The number of carbonyl (C=O) groups excluding carboxylic acids is 2. The van der Waals surface area contributed by atoms with Gasteiger partial charge in [0, 0.05) is 48.6 Å². The van der Waals surface area contributed by atoms with Gasteiger partial charge in [-0.05, 0) is 71.7 Å². The highest BCUT2D eigenvalue weighted by Crippen LogP contribution is 2.40. The van der Waals surface area contributed by atoms with Crippen molar-refractivity contribution in [3.8, 4) is 16.9 Å². The van der Waals surface area contributed by atoms with E-state index in [1.54, 1.807) is 29.3 Å². The molecule has 1 saturated heterocycles. The average molecular weight is 597 g/mol. The van der Waals surface area contributed by atoms with E-state index in [9.17, 15) is 14.0 Å². The summed E-state index contributed by atoms with van der Waals surface area (Å²) in [6, 6.07) is 24.7. The molecule has 3 heterocycles. The highest BCUT2D eigenvalue weighted by Gasteiger charge is 2.27. The SMILES string of the molecule is O=C(C=CC1Cc2cc(-c3ccc(C(=O)N4CCC(F)C4)cc3)cc(Cl)c2O1)NCc1ccc(Nc2ccccc2)nc1. The highest BCUT2D eigenvalue weighted by molar-refractivity contribution is 6.32. The minimum absolute atomic E-state index is 0.150. The summed E-state index contributed by atoms with van der Waals surface area (Å²) in [5.41, 5.74) is 5.12. The molecular formula is C34H30ClFN4O3. The maximum Gasteiger partial charge on any atom is 0.253 e.